The third kappa shape index (κ3) is 3.88. The monoisotopic (exact) mass is 494 g/mol. The second kappa shape index (κ2) is 8.42. The lowest BCUT2D eigenvalue weighted by atomic mass is 10.1. The van der Waals surface area contributed by atoms with Gasteiger partial charge in [0.25, 0.3) is 0 Å². The van der Waals surface area contributed by atoms with Gasteiger partial charge in [-0.2, -0.15) is 26.3 Å². The number of ether oxygens (including phenoxy) is 2. The fourth-order valence-corrected chi connectivity index (χ4v) is 4.39. The average molecular weight is 494 g/mol. The summed E-state index contributed by atoms with van der Waals surface area (Å²) in [7, 11) is 0. The summed E-state index contributed by atoms with van der Waals surface area (Å²) < 4.78 is 98.8. The fourth-order valence-electron chi connectivity index (χ4n) is 4.39. The summed E-state index contributed by atoms with van der Waals surface area (Å²) in [6.07, 6.45) is 0.532. The molecule has 3 aliphatic rings. The van der Waals surface area contributed by atoms with E-state index in [1.807, 2.05) is 0 Å². The molecule has 0 fully saturated rings. The molecule has 0 bridgehead atoms. The maximum atomic E-state index is 14.9. The summed E-state index contributed by atoms with van der Waals surface area (Å²) in [5, 5.41) is 0. The van der Waals surface area contributed by atoms with Gasteiger partial charge >= 0.3 is 17.8 Å². The van der Waals surface area contributed by atoms with Gasteiger partial charge in [-0.05, 0) is 24.0 Å². The van der Waals surface area contributed by atoms with Crippen LogP contribution < -0.4 is 0 Å². The molecule has 0 amide bonds. The van der Waals surface area contributed by atoms with Gasteiger partial charge in [0.2, 0.25) is 11.8 Å². The van der Waals surface area contributed by atoms with Gasteiger partial charge in [-0.1, -0.05) is 60.7 Å². The first-order valence-electron chi connectivity index (χ1n) is 11.0. The molecule has 2 aliphatic heterocycles. The van der Waals surface area contributed by atoms with Crippen LogP contribution in [0.2, 0.25) is 0 Å². The van der Waals surface area contributed by atoms with Crippen molar-refractivity contribution in [2.45, 2.75) is 42.7 Å². The van der Waals surface area contributed by atoms with E-state index < -0.39 is 52.8 Å². The highest BCUT2D eigenvalue weighted by Gasteiger charge is 2.82. The Morgan fingerprint density at radius 2 is 1.00 bits per heavy atom. The van der Waals surface area contributed by atoms with E-state index >= 15 is 0 Å². The van der Waals surface area contributed by atoms with E-state index in [0.717, 1.165) is 11.1 Å². The van der Waals surface area contributed by atoms with Gasteiger partial charge in [-0.3, -0.25) is 0 Å². The molecule has 184 valence electrons. The van der Waals surface area contributed by atoms with E-state index in [0.29, 0.717) is 0 Å². The molecule has 5 rings (SSSR count). The highest BCUT2D eigenvalue weighted by Crippen LogP contribution is 2.60. The zero-order valence-corrected chi connectivity index (χ0v) is 18.2. The second-order valence-corrected chi connectivity index (χ2v) is 8.65. The van der Waals surface area contributed by atoms with Crippen molar-refractivity contribution in [1.82, 2.24) is 0 Å². The minimum atomic E-state index is -5.71. The number of halogens is 6. The molecule has 2 aromatic carbocycles. The normalized spacial score (nSPS) is 26.2. The Kier molecular flexibility index (Phi) is 5.64. The topological polar surface area (TPSA) is 43.2 Å². The Labute approximate surface area is 197 Å². The summed E-state index contributed by atoms with van der Waals surface area (Å²) in [6, 6.07) is 16.4. The molecular formula is C25H20F6N2O2. The van der Waals surface area contributed by atoms with Gasteiger partial charge in [-0.25, -0.2) is 9.98 Å². The van der Waals surface area contributed by atoms with Crippen LogP contribution in [0.25, 0.3) is 0 Å². The number of aliphatic imine (C=N–C) groups is 2. The molecule has 35 heavy (non-hydrogen) atoms. The number of alkyl halides is 6. The largest absolute Gasteiger partial charge is 0.475 e. The van der Waals surface area contributed by atoms with Gasteiger partial charge < -0.3 is 9.47 Å². The van der Waals surface area contributed by atoms with Crippen molar-refractivity contribution in [3.63, 3.8) is 0 Å². The molecule has 0 saturated heterocycles. The predicted octanol–water partition coefficient (Wildman–Crippen LogP) is 5.28. The second-order valence-electron chi connectivity index (χ2n) is 8.65. The van der Waals surface area contributed by atoms with Crippen LogP contribution in [0.4, 0.5) is 26.3 Å². The zero-order chi connectivity index (χ0) is 24.8. The SMILES string of the molecule is FC1(F)C(C2=N[C@@H](Cc3ccccc3)CO2)=C(C2=N[C@@H](Cc3ccccc3)CO2)C(F)(F)C1(F)F. The lowest BCUT2D eigenvalue weighted by Crippen LogP contribution is -2.50. The predicted molar refractivity (Wildman–Crippen MR) is 117 cm³/mol. The summed E-state index contributed by atoms with van der Waals surface area (Å²) in [6.45, 7) is -0.420. The Hall–Kier alpha value is -3.30. The molecule has 10 heteroatoms. The van der Waals surface area contributed by atoms with Gasteiger partial charge in [-0.15, -0.1) is 0 Å². The van der Waals surface area contributed by atoms with Gasteiger partial charge in [0.05, 0.1) is 12.1 Å². The number of benzene rings is 2. The van der Waals surface area contributed by atoms with E-state index in [-0.39, 0.29) is 26.1 Å². The van der Waals surface area contributed by atoms with Crippen LogP contribution in [0.15, 0.2) is 81.8 Å². The molecule has 0 spiro atoms. The third-order valence-corrected chi connectivity index (χ3v) is 6.15. The van der Waals surface area contributed by atoms with Gasteiger partial charge in [0.15, 0.2) is 0 Å². The Morgan fingerprint density at radius 1 is 0.629 bits per heavy atom. The first-order chi connectivity index (χ1) is 16.6. The van der Waals surface area contributed by atoms with Crippen LogP contribution in [0.5, 0.6) is 0 Å². The van der Waals surface area contributed by atoms with Crippen molar-refractivity contribution in [1.29, 1.82) is 0 Å². The van der Waals surface area contributed by atoms with E-state index in [4.69, 9.17) is 9.47 Å². The first kappa shape index (κ1) is 23.4. The molecule has 1 aliphatic carbocycles. The summed E-state index contributed by atoms with van der Waals surface area (Å²) in [5.74, 6) is -18.1. The third-order valence-electron chi connectivity index (χ3n) is 6.15. The first-order valence-corrected chi connectivity index (χ1v) is 11.0. The lowest BCUT2D eigenvalue weighted by Gasteiger charge is -2.25. The molecule has 2 aromatic rings. The van der Waals surface area contributed by atoms with E-state index in [1.165, 1.54) is 0 Å². The smallest absolute Gasteiger partial charge is 0.381 e. The van der Waals surface area contributed by atoms with Crippen LogP contribution >= 0.6 is 0 Å². The lowest BCUT2D eigenvalue weighted by molar-refractivity contribution is -0.263. The molecule has 0 unspecified atom stereocenters. The fraction of sp³-hybridized carbons (Fsp3) is 0.360. The Morgan fingerprint density at radius 3 is 1.37 bits per heavy atom. The molecule has 0 saturated carbocycles. The van der Waals surface area contributed by atoms with Crippen LogP contribution in [-0.4, -0.2) is 54.9 Å². The number of hydrogen-bond acceptors (Lipinski definition) is 4. The average Bonchev–Trinajstić information content (AvgIpc) is 3.49. The van der Waals surface area contributed by atoms with Crippen molar-refractivity contribution in [2.75, 3.05) is 13.2 Å². The van der Waals surface area contributed by atoms with Gasteiger partial charge in [0, 0.05) is 0 Å². The summed E-state index contributed by atoms with van der Waals surface area (Å²) in [4.78, 5) is 7.96. The van der Waals surface area contributed by atoms with Gasteiger partial charge in [0.1, 0.15) is 24.4 Å². The Balaban J connectivity index is 1.52. The van der Waals surface area contributed by atoms with Crippen LogP contribution in [0.3, 0.4) is 0 Å². The van der Waals surface area contributed by atoms with Crippen LogP contribution in [0, 0.1) is 0 Å². The van der Waals surface area contributed by atoms with E-state index in [1.54, 1.807) is 60.7 Å². The quantitative estimate of drug-likeness (QED) is 0.513. The Bertz CT molecular complexity index is 1100. The molecule has 0 aromatic heterocycles. The van der Waals surface area contributed by atoms with Crippen molar-refractivity contribution < 1.29 is 35.8 Å². The maximum absolute atomic E-state index is 14.9. The van der Waals surface area contributed by atoms with Crippen LogP contribution in [-0.2, 0) is 22.3 Å². The molecule has 4 nitrogen and oxygen atoms in total. The summed E-state index contributed by atoms with van der Waals surface area (Å²) >= 11 is 0. The molecule has 0 radical (unpaired) electrons. The molecule has 0 N–H and O–H groups in total. The minimum Gasteiger partial charge on any atom is -0.475 e. The van der Waals surface area contributed by atoms with Crippen molar-refractivity contribution in [3.05, 3.63) is 82.9 Å². The molecule has 2 atom stereocenters. The number of rotatable bonds is 6. The van der Waals surface area contributed by atoms with E-state index in [2.05, 4.69) is 9.98 Å². The highest BCUT2D eigenvalue weighted by atomic mass is 19.3. The number of hydrogen-bond donors (Lipinski definition) is 0. The van der Waals surface area contributed by atoms with Crippen LogP contribution in [0.1, 0.15) is 11.1 Å². The van der Waals surface area contributed by atoms with Crippen molar-refractivity contribution >= 4 is 11.8 Å². The van der Waals surface area contributed by atoms with Crippen molar-refractivity contribution in [3.8, 4) is 0 Å². The molecule has 2 heterocycles. The standard InChI is InChI=1S/C25H20F6N2O2/c26-23(27)19(21-32-17(13-34-21)11-15-7-3-1-4-8-15)20(24(28,29)25(23,30)31)22-33-18(14-35-22)12-16-9-5-2-6-10-16/h1-10,17-18H,11-14H2/t17-,18-/m0/s1. The number of nitrogens with zero attached hydrogens (tertiary/aromatic N) is 2. The summed E-state index contributed by atoms with van der Waals surface area (Å²) in [5.41, 5.74) is -1.72. The maximum Gasteiger partial charge on any atom is 0.381 e. The molecular weight excluding hydrogens is 474 g/mol. The van der Waals surface area contributed by atoms with E-state index in [9.17, 15) is 26.3 Å². The minimum absolute atomic E-state index is 0.210. The zero-order valence-electron chi connectivity index (χ0n) is 18.2. The highest BCUT2D eigenvalue weighted by molar-refractivity contribution is 6.09. The van der Waals surface area contributed by atoms with Crippen molar-refractivity contribution in [2.24, 2.45) is 9.98 Å².